The molecule has 2 nitrogen and oxygen atoms in total. The number of benzene rings is 3. The highest BCUT2D eigenvalue weighted by molar-refractivity contribution is 5.87. The van der Waals surface area contributed by atoms with E-state index < -0.39 is 12.7 Å². The van der Waals surface area contributed by atoms with Gasteiger partial charge in [-0.05, 0) is 35.4 Å². The first-order chi connectivity index (χ1) is 13.5. The van der Waals surface area contributed by atoms with E-state index in [4.69, 9.17) is 0 Å². The molecule has 0 unspecified atom stereocenters. The molecule has 1 N–H and O–H groups in total. The van der Waals surface area contributed by atoms with Crippen LogP contribution in [0, 0.1) is 0 Å². The largest absolute Gasteiger partial charge is 0.406 e. The number of halogens is 3. The lowest BCUT2D eigenvalue weighted by atomic mass is 10.1. The molecule has 0 aliphatic carbocycles. The Balaban J connectivity index is 1.62. The van der Waals surface area contributed by atoms with Crippen molar-refractivity contribution >= 4 is 16.6 Å². The van der Waals surface area contributed by atoms with E-state index in [2.05, 4.69) is 5.32 Å². The van der Waals surface area contributed by atoms with Gasteiger partial charge in [0.15, 0.2) is 0 Å². The highest BCUT2D eigenvalue weighted by Gasteiger charge is 2.29. The maximum absolute atomic E-state index is 13.1. The van der Waals surface area contributed by atoms with Crippen molar-refractivity contribution in [3.05, 3.63) is 90.5 Å². The first-order valence-corrected chi connectivity index (χ1v) is 9.03. The number of anilines is 1. The van der Waals surface area contributed by atoms with E-state index in [9.17, 15) is 13.2 Å². The number of alkyl halides is 3. The van der Waals surface area contributed by atoms with Crippen LogP contribution in [0.25, 0.3) is 22.2 Å². The van der Waals surface area contributed by atoms with E-state index in [0.29, 0.717) is 17.8 Å². The molecule has 0 radical (unpaired) electrons. The molecule has 0 aliphatic rings. The standard InChI is InChI=1S/C23H19F3N2/c24-23(25,26)16-28-21-9-5-4-6-19(21)14-22(28)18-12-10-17(11-13-18)15-27-20-7-2-1-3-8-20/h1-14,27H,15-16H2. The zero-order chi connectivity index (χ0) is 19.6. The van der Waals surface area contributed by atoms with Crippen LogP contribution in [-0.4, -0.2) is 10.7 Å². The quantitative estimate of drug-likeness (QED) is 0.419. The van der Waals surface area contributed by atoms with Gasteiger partial charge in [-0.1, -0.05) is 60.7 Å². The fourth-order valence-electron chi connectivity index (χ4n) is 3.35. The first-order valence-electron chi connectivity index (χ1n) is 9.03. The van der Waals surface area contributed by atoms with Crippen molar-refractivity contribution in [3.63, 3.8) is 0 Å². The fourth-order valence-corrected chi connectivity index (χ4v) is 3.35. The first kappa shape index (κ1) is 18.2. The minimum Gasteiger partial charge on any atom is -0.381 e. The molecule has 0 bridgehead atoms. The van der Waals surface area contributed by atoms with Gasteiger partial charge in [-0.2, -0.15) is 13.2 Å². The van der Waals surface area contributed by atoms with Crippen LogP contribution in [0.15, 0.2) is 84.9 Å². The fraction of sp³-hybridized carbons (Fsp3) is 0.130. The Bertz CT molecular complexity index is 1060. The second-order valence-corrected chi connectivity index (χ2v) is 6.71. The lowest BCUT2D eigenvalue weighted by molar-refractivity contribution is -0.139. The summed E-state index contributed by atoms with van der Waals surface area (Å²) in [5.41, 5.74) is 4.01. The Labute approximate surface area is 161 Å². The van der Waals surface area contributed by atoms with E-state index in [1.54, 1.807) is 12.1 Å². The number of hydrogen-bond donors (Lipinski definition) is 1. The monoisotopic (exact) mass is 380 g/mol. The SMILES string of the molecule is FC(F)(F)Cn1c(-c2ccc(CNc3ccccc3)cc2)cc2ccccc21. The highest BCUT2D eigenvalue weighted by atomic mass is 19.4. The van der Waals surface area contributed by atoms with E-state index >= 15 is 0 Å². The minimum atomic E-state index is -4.28. The summed E-state index contributed by atoms with van der Waals surface area (Å²) in [6, 6.07) is 26.5. The molecule has 0 amide bonds. The van der Waals surface area contributed by atoms with Crippen LogP contribution >= 0.6 is 0 Å². The van der Waals surface area contributed by atoms with Gasteiger partial charge in [-0.15, -0.1) is 0 Å². The molecule has 142 valence electrons. The van der Waals surface area contributed by atoms with Gasteiger partial charge in [0.1, 0.15) is 6.54 Å². The average molecular weight is 380 g/mol. The maximum atomic E-state index is 13.1. The summed E-state index contributed by atoms with van der Waals surface area (Å²) in [7, 11) is 0. The van der Waals surface area contributed by atoms with E-state index in [1.165, 1.54) is 4.57 Å². The van der Waals surface area contributed by atoms with Gasteiger partial charge in [-0.3, -0.25) is 0 Å². The Morgan fingerprint density at radius 2 is 1.46 bits per heavy atom. The molecule has 0 spiro atoms. The summed E-state index contributed by atoms with van der Waals surface area (Å²) < 4.78 is 40.8. The highest BCUT2D eigenvalue weighted by Crippen LogP contribution is 2.31. The summed E-state index contributed by atoms with van der Waals surface area (Å²) in [4.78, 5) is 0. The summed E-state index contributed by atoms with van der Waals surface area (Å²) >= 11 is 0. The number of aromatic nitrogens is 1. The van der Waals surface area contributed by atoms with E-state index in [0.717, 1.165) is 22.2 Å². The number of nitrogens with one attached hydrogen (secondary N) is 1. The predicted octanol–water partition coefficient (Wildman–Crippen LogP) is 6.48. The average Bonchev–Trinajstić information content (AvgIpc) is 3.05. The lowest BCUT2D eigenvalue weighted by Crippen LogP contribution is -2.18. The van der Waals surface area contributed by atoms with Crippen LogP contribution in [0.3, 0.4) is 0 Å². The molecule has 4 aromatic rings. The van der Waals surface area contributed by atoms with Crippen molar-refractivity contribution < 1.29 is 13.2 Å². The number of hydrogen-bond acceptors (Lipinski definition) is 1. The number of nitrogens with zero attached hydrogens (tertiary/aromatic N) is 1. The maximum Gasteiger partial charge on any atom is 0.406 e. The third-order valence-electron chi connectivity index (χ3n) is 4.67. The van der Waals surface area contributed by atoms with Crippen molar-refractivity contribution in [2.24, 2.45) is 0 Å². The molecule has 3 aromatic carbocycles. The molecule has 4 rings (SSSR count). The Morgan fingerprint density at radius 3 is 2.18 bits per heavy atom. The number of fused-ring (bicyclic) bond motifs is 1. The van der Waals surface area contributed by atoms with E-state index in [1.807, 2.05) is 72.8 Å². The van der Waals surface area contributed by atoms with Gasteiger partial charge < -0.3 is 9.88 Å². The van der Waals surface area contributed by atoms with Crippen molar-refractivity contribution in [1.82, 2.24) is 4.57 Å². The molecule has 5 heteroatoms. The third-order valence-corrected chi connectivity index (χ3v) is 4.67. The molecule has 28 heavy (non-hydrogen) atoms. The summed E-state index contributed by atoms with van der Waals surface area (Å²) in [6.45, 7) is -0.358. The Hall–Kier alpha value is -3.21. The lowest BCUT2D eigenvalue weighted by Gasteiger charge is -2.14. The minimum absolute atomic E-state index is 0.570. The van der Waals surface area contributed by atoms with Crippen molar-refractivity contribution in [3.8, 4) is 11.3 Å². The van der Waals surface area contributed by atoms with E-state index in [-0.39, 0.29) is 0 Å². The van der Waals surface area contributed by atoms with Crippen LogP contribution in [0.1, 0.15) is 5.56 Å². The summed E-state index contributed by atoms with van der Waals surface area (Å²) in [5.74, 6) is 0. The van der Waals surface area contributed by atoms with Gasteiger partial charge in [0, 0.05) is 28.8 Å². The van der Waals surface area contributed by atoms with Crippen molar-refractivity contribution in [1.29, 1.82) is 0 Å². The second-order valence-electron chi connectivity index (χ2n) is 6.71. The molecule has 0 saturated heterocycles. The molecule has 0 atom stereocenters. The predicted molar refractivity (Wildman–Crippen MR) is 107 cm³/mol. The van der Waals surface area contributed by atoms with Crippen LogP contribution < -0.4 is 5.32 Å². The van der Waals surface area contributed by atoms with Crippen LogP contribution in [0.5, 0.6) is 0 Å². The van der Waals surface area contributed by atoms with Crippen molar-refractivity contribution in [2.75, 3.05) is 5.32 Å². The van der Waals surface area contributed by atoms with Crippen molar-refractivity contribution in [2.45, 2.75) is 19.3 Å². The Morgan fingerprint density at radius 1 is 0.786 bits per heavy atom. The van der Waals surface area contributed by atoms with Crippen LogP contribution in [-0.2, 0) is 13.1 Å². The summed E-state index contributed by atoms with van der Waals surface area (Å²) in [5, 5.41) is 4.13. The van der Waals surface area contributed by atoms with Gasteiger partial charge >= 0.3 is 6.18 Å². The van der Waals surface area contributed by atoms with Gasteiger partial charge in [-0.25, -0.2) is 0 Å². The van der Waals surface area contributed by atoms with Gasteiger partial charge in [0.05, 0.1) is 0 Å². The van der Waals surface area contributed by atoms with Crippen LogP contribution in [0.4, 0.5) is 18.9 Å². The van der Waals surface area contributed by atoms with Gasteiger partial charge in [0.25, 0.3) is 0 Å². The molecular weight excluding hydrogens is 361 g/mol. The topological polar surface area (TPSA) is 17.0 Å². The number of para-hydroxylation sites is 2. The molecule has 1 aromatic heterocycles. The zero-order valence-electron chi connectivity index (χ0n) is 15.1. The van der Waals surface area contributed by atoms with Crippen LogP contribution in [0.2, 0.25) is 0 Å². The molecule has 0 fully saturated rings. The normalized spacial score (nSPS) is 11.7. The smallest absolute Gasteiger partial charge is 0.381 e. The third kappa shape index (κ3) is 4.03. The molecule has 1 heterocycles. The van der Waals surface area contributed by atoms with Gasteiger partial charge in [0.2, 0.25) is 0 Å². The molecular formula is C23H19F3N2. The molecule has 0 aliphatic heterocycles. The summed E-state index contributed by atoms with van der Waals surface area (Å²) in [6.07, 6.45) is -4.28. The zero-order valence-corrected chi connectivity index (χ0v) is 15.1. The second kappa shape index (κ2) is 7.43. The number of rotatable bonds is 5. The Kier molecular flexibility index (Phi) is 4.82. The molecule has 0 saturated carbocycles.